The molecule has 1 aliphatic rings. The average Bonchev–Trinajstić information content (AvgIpc) is 3.22. The molecular weight excluding hydrogens is 461 g/mol. The predicted molar refractivity (Wildman–Crippen MR) is 127 cm³/mol. The van der Waals surface area contributed by atoms with Gasteiger partial charge >= 0.3 is 0 Å². The molecule has 0 fully saturated rings. The summed E-state index contributed by atoms with van der Waals surface area (Å²) < 4.78 is 14.3. The number of nitrogens with one attached hydrogen (secondary N) is 1. The van der Waals surface area contributed by atoms with Crippen molar-refractivity contribution < 1.29 is 14.0 Å². The second-order valence-corrected chi connectivity index (χ2v) is 10.0. The van der Waals surface area contributed by atoms with Crippen LogP contribution in [-0.2, 0) is 4.79 Å². The van der Waals surface area contributed by atoms with Crippen LogP contribution in [-0.4, -0.2) is 23.3 Å². The number of rotatable bonds is 5. The first-order valence-corrected chi connectivity index (χ1v) is 11.6. The van der Waals surface area contributed by atoms with E-state index in [0.29, 0.717) is 27.7 Å². The van der Waals surface area contributed by atoms with E-state index in [1.165, 1.54) is 23.5 Å². The molecule has 33 heavy (non-hydrogen) atoms. The van der Waals surface area contributed by atoms with Crippen LogP contribution in [0.15, 0.2) is 54.6 Å². The van der Waals surface area contributed by atoms with Crippen LogP contribution >= 0.6 is 22.9 Å². The van der Waals surface area contributed by atoms with Gasteiger partial charge in [-0.1, -0.05) is 43.6 Å². The van der Waals surface area contributed by atoms with E-state index in [2.05, 4.69) is 5.32 Å². The van der Waals surface area contributed by atoms with Gasteiger partial charge in [-0.25, -0.2) is 4.39 Å². The molecule has 0 unspecified atom stereocenters. The van der Waals surface area contributed by atoms with E-state index < -0.39 is 17.8 Å². The van der Waals surface area contributed by atoms with E-state index in [1.54, 1.807) is 41.3 Å². The van der Waals surface area contributed by atoms with Gasteiger partial charge in [0.1, 0.15) is 11.9 Å². The van der Waals surface area contributed by atoms with Crippen LogP contribution < -0.4 is 5.32 Å². The molecule has 168 valence electrons. The summed E-state index contributed by atoms with van der Waals surface area (Å²) in [6.07, 6.45) is 0. The summed E-state index contributed by atoms with van der Waals surface area (Å²) in [6.45, 7) is 4.50. The number of halogens is 2. The molecule has 1 aliphatic heterocycles. The van der Waals surface area contributed by atoms with E-state index in [0.717, 1.165) is 10.9 Å². The SMILES string of the molecule is CC(C)CN1C(=O)c2ccccc2[C@H](C(=O)Nc2ccc(F)c(C#N)c2)[C@H]1c1ccc(Cl)s1. The van der Waals surface area contributed by atoms with E-state index in [1.807, 2.05) is 19.9 Å². The van der Waals surface area contributed by atoms with Gasteiger partial charge in [0.05, 0.1) is 21.9 Å². The van der Waals surface area contributed by atoms with Gasteiger partial charge in [-0.05, 0) is 47.9 Å². The predicted octanol–water partition coefficient (Wildman–Crippen LogP) is 5.99. The Bertz CT molecular complexity index is 1270. The van der Waals surface area contributed by atoms with Gasteiger partial charge in [0.2, 0.25) is 5.91 Å². The van der Waals surface area contributed by atoms with Crippen molar-refractivity contribution in [1.82, 2.24) is 4.90 Å². The van der Waals surface area contributed by atoms with E-state index >= 15 is 0 Å². The summed E-state index contributed by atoms with van der Waals surface area (Å²) in [5, 5.41) is 12.0. The Morgan fingerprint density at radius 3 is 2.67 bits per heavy atom. The summed E-state index contributed by atoms with van der Waals surface area (Å²) >= 11 is 7.56. The Labute approximate surface area is 200 Å². The summed E-state index contributed by atoms with van der Waals surface area (Å²) in [4.78, 5) is 29.7. The number of nitrogens with zero attached hydrogens (tertiary/aromatic N) is 2. The highest BCUT2D eigenvalue weighted by molar-refractivity contribution is 7.16. The fourth-order valence-electron chi connectivity index (χ4n) is 4.18. The van der Waals surface area contributed by atoms with Crippen LogP contribution in [0, 0.1) is 23.1 Å². The van der Waals surface area contributed by atoms with Gasteiger partial charge in [-0.2, -0.15) is 5.26 Å². The maximum Gasteiger partial charge on any atom is 0.254 e. The molecule has 4 rings (SSSR count). The molecule has 0 saturated heterocycles. The molecule has 1 N–H and O–H groups in total. The third kappa shape index (κ3) is 4.50. The molecule has 8 heteroatoms. The quantitative estimate of drug-likeness (QED) is 0.486. The summed E-state index contributed by atoms with van der Waals surface area (Å²) in [5.74, 6) is -1.68. The summed E-state index contributed by atoms with van der Waals surface area (Å²) in [7, 11) is 0. The van der Waals surface area contributed by atoms with E-state index in [9.17, 15) is 14.0 Å². The summed E-state index contributed by atoms with van der Waals surface area (Å²) in [5.41, 5.74) is 1.26. The zero-order chi connectivity index (χ0) is 23.7. The van der Waals surface area contributed by atoms with Gasteiger partial charge in [0, 0.05) is 22.7 Å². The number of carbonyl (C=O) groups excluding carboxylic acids is 2. The standard InChI is InChI=1S/C25H21ClFN3O2S/c1-14(2)13-30-23(20-9-10-21(26)33-20)22(17-5-3-4-6-18(17)25(30)32)24(31)29-16-7-8-19(27)15(11-16)12-28/h3-11,14,22-23H,13H2,1-2H3,(H,29,31)/t22-,23+/m0/s1. The third-order valence-corrected chi connectivity index (χ3v) is 6.82. The van der Waals surface area contributed by atoms with Crippen molar-refractivity contribution in [3.63, 3.8) is 0 Å². The number of nitriles is 1. The molecule has 1 aromatic heterocycles. The molecule has 2 amide bonds. The minimum absolute atomic E-state index is 0.133. The average molecular weight is 482 g/mol. The second kappa shape index (κ2) is 9.34. The molecule has 0 radical (unpaired) electrons. The third-order valence-electron chi connectivity index (χ3n) is 5.52. The Kier molecular flexibility index (Phi) is 6.50. The maximum absolute atomic E-state index is 13.8. The molecule has 0 aliphatic carbocycles. The first kappa shape index (κ1) is 23.0. The molecule has 5 nitrogen and oxygen atoms in total. The largest absolute Gasteiger partial charge is 0.329 e. The molecule has 0 spiro atoms. The van der Waals surface area contributed by atoms with Crippen molar-refractivity contribution in [2.24, 2.45) is 5.92 Å². The Morgan fingerprint density at radius 2 is 2.00 bits per heavy atom. The van der Waals surface area contributed by atoms with Gasteiger partial charge < -0.3 is 10.2 Å². The first-order chi connectivity index (χ1) is 15.8. The Morgan fingerprint density at radius 1 is 1.24 bits per heavy atom. The minimum Gasteiger partial charge on any atom is -0.329 e. The number of carbonyl (C=O) groups is 2. The van der Waals surface area contributed by atoms with Crippen LogP contribution in [0.4, 0.5) is 10.1 Å². The molecule has 2 heterocycles. The van der Waals surface area contributed by atoms with Crippen LogP contribution in [0.3, 0.4) is 0 Å². The van der Waals surface area contributed by atoms with E-state index in [4.69, 9.17) is 16.9 Å². The van der Waals surface area contributed by atoms with Crippen LogP contribution in [0.5, 0.6) is 0 Å². The Balaban J connectivity index is 1.82. The lowest BCUT2D eigenvalue weighted by Crippen LogP contribution is -2.47. The lowest BCUT2D eigenvalue weighted by atomic mass is 9.81. The Hall–Kier alpha value is -3.21. The number of hydrogen-bond donors (Lipinski definition) is 1. The molecule has 0 bridgehead atoms. The van der Waals surface area contributed by atoms with Crippen molar-refractivity contribution >= 4 is 40.4 Å². The summed E-state index contributed by atoms with van der Waals surface area (Å²) in [6, 6.07) is 15.8. The first-order valence-electron chi connectivity index (χ1n) is 10.5. The maximum atomic E-state index is 13.8. The number of thiophene rings is 1. The van der Waals surface area contributed by atoms with Crippen LogP contribution in [0.1, 0.15) is 52.2 Å². The number of amides is 2. The highest BCUT2D eigenvalue weighted by Gasteiger charge is 2.44. The monoisotopic (exact) mass is 481 g/mol. The lowest BCUT2D eigenvalue weighted by molar-refractivity contribution is -0.119. The smallest absolute Gasteiger partial charge is 0.254 e. The van der Waals surface area contributed by atoms with Gasteiger partial charge in [0.15, 0.2) is 0 Å². The molecule has 2 aromatic carbocycles. The van der Waals surface area contributed by atoms with Gasteiger partial charge in [0.25, 0.3) is 5.91 Å². The highest BCUT2D eigenvalue weighted by Crippen LogP contribution is 2.46. The zero-order valence-electron chi connectivity index (χ0n) is 18.0. The molecule has 2 atom stereocenters. The number of benzene rings is 2. The fraction of sp³-hybridized carbons (Fsp3) is 0.240. The van der Waals surface area contributed by atoms with Gasteiger partial charge in [-0.15, -0.1) is 11.3 Å². The lowest BCUT2D eigenvalue weighted by Gasteiger charge is -2.42. The molecular formula is C25H21ClFN3O2S. The zero-order valence-corrected chi connectivity index (χ0v) is 19.6. The highest BCUT2D eigenvalue weighted by atomic mass is 35.5. The topological polar surface area (TPSA) is 73.2 Å². The van der Waals surface area contributed by atoms with Crippen molar-refractivity contribution in [2.45, 2.75) is 25.8 Å². The number of anilines is 1. The molecule has 0 saturated carbocycles. The minimum atomic E-state index is -0.719. The normalized spacial score (nSPS) is 17.6. The van der Waals surface area contributed by atoms with Crippen molar-refractivity contribution in [3.8, 4) is 6.07 Å². The number of fused-ring (bicyclic) bond motifs is 1. The van der Waals surface area contributed by atoms with Crippen LogP contribution in [0.25, 0.3) is 0 Å². The van der Waals surface area contributed by atoms with Crippen molar-refractivity contribution in [3.05, 3.63) is 86.3 Å². The van der Waals surface area contributed by atoms with Gasteiger partial charge in [-0.3, -0.25) is 9.59 Å². The van der Waals surface area contributed by atoms with Crippen molar-refractivity contribution in [1.29, 1.82) is 5.26 Å². The second-order valence-electron chi connectivity index (χ2n) is 8.30. The van der Waals surface area contributed by atoms with Crippen molar-refractivity contribution in [2.75, 3.05) is 11.9 Å². The molecule has 3 aromatic rings. The number of hydrogen-bond acceptors (Lipinski definition) is 4. The van der Waals surface area contributed by atoms with Crippen LogP contribution in [0.2, 0.25) is 4.34 Å². The van der Waals surface area contributed by atoms with E-state index in [-0.39, 0.29) is 23.3 Å². The fourth-order valence-corrected chi connectivity index (χ4v) is 5.39.